The Bertz CT molecular complexity index is 1060. The summed E-state index contributed by atoms with van der Waals surface area (Å²) in [6.45, 7) is 4.09. The molecule has 0 bridgehead atoms. The zero-order chi connectivity index (χ0) is 22.3. The van der Waals surface area contributed by atoms with Crippen LogP contribution in [-0.2, 0) is 10.0 Å². The van der Waals surface area contributed by atoms with E-state index in [0.29, 0.717) is 22.8 Å². The van der Waals surface area contributed by atoms with Crippen molar-refractivity contribution >= 4 is 15.9 Å². The van der Waals surface area contributed by atoms with E-state index >= 15 is 0 Å². The number of nitrogens with two attached hydrogens (primary N) is 1. The van der Waals surface area contributed by atoms with E-state index in [1.807, 2.05) is 13.8 Å². The summed E-state index contributed by atoms with van der Waals surface area (Å²) >= 11 is 0. The Balaban J connectivity index is 1.84. The van der Waals surface area contributed by atoms with Gasteiger partial charge in [0.2, 0.25) is 10.0 Å². The summed E-state index contributed by atoms with van der Waals surface area (Å²) in [5, 5.41) is 8.22. The first-order valence-electron chi connectivity index (χ1n) is 9.28. The average Bonchev–Trinajstić information content (AvgIpc) is 3.25. The van der Waals surface area contributed by atoms with Gasteiger partial charge in [-0.3, -0.25) is 4.79 Å². The second-order valence-electron chi connectivity index (χ2n) is 7.77. The minimum atomic E-state index is -3.75. The first-order chi connectivity index (χ1) is 14.0. The highest BCUT2D eigenvalue weighted by Gasteiger charge is 2.59. The molecule has 1 aliphatic rings. The van der Waals surface area contributed by atoms with Crippen LogP contribution in [0.1, 0.15) is 35.7 Å². The minimum Gasteiger partial charge on any atom is -0.496 e. The van der Waals surface area contributed by atoms with Crippen LogP contribution < -0.4 is 24.7 Å². The Morgan fingerprint density at radius 3 is 2.00 bits per heavy atom. The van der Waals surface area contributed by atoms with Crippen LogP contribution in [0.3, 0.4) is 0 Å². The summed E-state index contributed by atoms with van der Waals surface area (Å²) in [7, 11) is 0.740. The second-order valence-corrected chi connectivity index (χ2v) is 9.33. The molecular weight excluding hydrogens is 408 g/mol. The Labute approximate surface area is 176 Å². The van der Waals surface area contributed by atoms with E-state index in [9.17, 15) is 13.2 Å². The molecule has 1 amide bonds. The molecule has 1 fully saturated rings. The molecule has 162 valence electrons. The molecule has 30 heavy (non-hydrogen) atoms. The predicted octanol–water partition coefficient (Wildman–Crippen LogP) is 2.28. The molecule has 3 N–H and O–H groups in total. The summed E-state index contributed by atoms with van der Waals surface area (Å²) < 4.78 is 38.9. The first kappa shape index (κ1) is 21.9. The molecule has 0 saturated heterocycles. The number of nitrogens with one attached hydrogen (secondary N) is 1. The van der Waals surface area contributed by atoms with Gasteiger partial charge in [-0.15, -0.1) is 0 Å². The molecule has 0 radical (unpaired) electrons. The first-order valence-corrected chi connectivity index (χ1v) is 10.8. The topological polar surface area (TPSA) is 117 Å². The van der Waals surface area contributed by atoms with E-state index in [4.69, 9.17) is 19.3 Å². The van der Waals surface area contributed by atoms with Crippen LogP contribution >= 0.6 is 0 Å². The van der Waals surface area contributed by atoms with E-state index in [2.05, 4.69) is 5.32 Å². The van der Waals surface area contributed by atoms with Crippen LogP contribution in [0, 0.1) is 5.41 Å². The van der Waals surface area contributed by atoms with E-state index in [-0.39, 0.29) is 28.2 Å². The quantitative estimate of drug-likeness (QED) is 0.690. The van der Waals surface area contributed by atoms with Gasteiger partial charge in [0.25, 0.3) is 5.91 Å². The number of hydrogen-bond donors (Lipinski definition) is 2. The molecule has 0 unspecified atom stereocenters. The Morgan fingerprint density at radius 1 is 0.967 bits per heavy atom. The molecular formula is C21H26N2O6S. The lowest BCUT2D eigenvalue weighted by Crippen LogP contribution is -2.29. The number of carbonyl (C=O) groups excluding carboxylic acids is 1. The van der Waals surface area contributed by atoms with Crippen LogP contribution in [0.4, 0.5) is 0 Å². The van der Waals surface area contributed by atoms with Crippen LogP contribution in [0.15, 0.2) is 41.3 Å². The molecule has 0 spiro atoms. The van der Waals surface area contributed by atoms with E-state index in [0.717, 1.165) is 5.56 Å². The van der Waals surface area contributed by atoms with Crippen LogP contribution in [0.5, 0.6) is 17.2 Å². The maximum atomic E-state index is 13.0. The van der Waals surface area contributed by atoms with Gasteiger partial charge in [0, 0.05) is 24.1 Å². The highest BCUT2D eigenvalue weighted by atomic mass is 32.2. The third-order valence-corrected chi connectivity index (χ3v) is 6.56. The lowest BCUT2D eigenvalue weighted by atomic mass is 10.0. The molecule has 2 aromatic carbocycles. The van der Waals surface area contributed by atoms with Crippen molar-refractivity contribution in [3.8, 4) is 17.2 Å². The molecule has 2 aromatic rings. The molecule has 0 aromatic heterocycles. The number of carbonyl (C=O) groups is 1. The van der Waals surface area contributed by atoms with Gasteiger partial charge in [0.1, 0.15) is 5.75 Å². The lowest BCUT2D eigenvalue weighted by molar-refractivity contribution is 0.0942. The third kappa shape index (κ3) is 3.95. The van der Waals surface area contributed by atoms with Crippen molar-refractivity contribution in [2.45, 2.75) is 30.7 Å². The average molecular weight is 435 g/mol. The van der Waals surface area contributed by atoms with Crippen LogP contribution in [-0.4, -0.2) is 41.7 Å². The third-order valence-electron chi connectivity index (χ3n) is 5.63. The number of hydrogen-bond acceptors (Lipinski definition) is 6. The highest BCUT2D eigenvalue weighted by Crippen LogP contribution is 2.58. The SMILES string of the molecule is COc1cc(OC)c(C(=O)N[C@H]2[C@H](c3ccc(S(N)(=O)=O)cc3)C2(C)C)cc1OC. The van der Waals surface area contributed by atoms with Crippen molar-refractivity contribution in [2.75, 3.05) is 21.3 Å². The number of rotatable bonds is 7. The standard InChI is InChI=1S/C21H26N2O6S/c1-21(2)18(12-6-8-13(9-7-12)30(22,25)26)19(21)23-20(24)14-10-16(28-4)17(29-5)11-15(14)27-3/h6-11,18-19H,1-5H3,(H,23,24)(H2,22,25,26)/t18-,19-/m0/s1. The second kappa shape index (κ2) is 7.81. The maximum Gasteiger partial charge on any atom is 0.255 e. The van der Waals surface area contributed by atoms with Gasteiger partial charge in [0.15, 0.2) is 11.5 Å². The molecule has 0 heterocycles. The summed E-state index contributed by atoms with van der Waals surface area (Å²) in [6.07, 6.45) is 0. The van der Waals surface area contributed by atoms with Crippen molar-refractivity contribution < 1.29 is 27.4 Å². The van der Waals surface area contributed by atoms with Gasteiger partial charge in [-0.05, 0) is 23.1 Å². The molecule has 3 rings (SSSR count). The van der Waals surface area contributed by atoms with E-state index in [1.165, 1.54) is 33.5 Å². The number of methoxy groups -OCH3 is 3. The zero-order valence-corrected chi connectivity index (χ0v) is 18.4. The monoisotopic (exact) mass is 434 g/mol. The van der Waals surface area contributed by atoms with Crippen molar-refractivity contribution in [3.05, 3.63) is 47.5 Å². The Kier molecular flexibility index (Phi) is 5.70. The summed E-state index contributed by atoms with van der Waals surface area (Å²) in [5.74, 6) is 0.994. The Morgan fingerprint density at radius 2 is 1.50 bits per heavy atom. The van der Waals surface area contributed by atoms with Crippen LogP contribution in [0.25, 0.3) is 0 Å². The normalized spacial score (nSPS) is 19.7. The van der Waals surface area contributed by atoms with Crippen molar-refractivity contribution in [3.63, 3.8) is 0 Å². The molecule has 2 atom stereocenters. The number of amides is 1. The summed E-state index contributed by atoms with van der Waals surface area (Å²) in [5.41, 5.74) is 1.06. The number of primary sulfonamides is 1. The smallest absolute Gasteiger partial charge is 0.255 e. The van der Waals surface area contributed by atoms with Crippen LogP contribution in [0.2, 0.25) is 0 Å². The predicted molar refractivity (Wildman–Crippen MR) is 112 cm³/mol. The number of sulfonamides is 1. The minimum absolute atomic E-state index is 0.0297. The number of benzene rings is 2. The fraction of sp³-hybridized carbons (Fsp3) is 0.381. The highest BCUT2D eigenvalue weighted by molar-refractivity contribution is 7.89. The molecule has 0 aliphatic heterocycles. The Hall–Kier alpha value is -2.78. The van der Waals surface area contributed by atoms with Gasteiger partial charge >= 0.3 is 0 Å². The largest absolute Gasteiger partial charge is 0.496 e. The van der Waals surface area contributed by atoms with Gasteiger partial charge in [-0.1, -0.05) is 26.0 Å². The summed E-state index contributed by atoms with van der Waals surface area (Å²) in [6, 6.07) is 9.48. The molecule has 9 heteroatoms. The van der Waals surface area contributed by atoms with Gasteiger partial charge in [-0.25, -0.2) is 13.6 Å². The fourth-order valence-corrected chi connectivity index (χ4v) is 4.34. The van der Waals surface area contributed by atoms with E-state index < -0.39 is 10.0 Å². The van der Waals surface area contributed by atoms with Crippen molar-refractivity contribution in [1.29, 1.82) is 0 Å². The van der Waals surface area contributed by atoms with Crippen molar-refractivity contribution in [2.24, 2.45) is 10.6 Å². The number of ether oxygens (including phenoxy) is 3. The molecule has 1 aliphatic carbocycles. The van der Waals surface area contributed by atoms with Gasteiger partial charge in [-0.2, -0.15) is 0 Å². The lowest BCUT2D eigenvalue weighted by Gasteiger charge is -2.14. The maximum absolute atomic E-state index is 13.0. The van der Waals surface area contributed by atoms with Gasteiger partial charge in [0.05, 0.1) is 31.8 Å². The zero-order valence-electron chi connectivity index (χ0n) is 17.6. The summed E-state index contributed by atoms with van der Waals surface area (Å²) in [4.78, 5) is 13.1. The van der Waals surface area contributed by atoms with E-state index in [1.54, 1.807) is 24.3 Å². The molecule has 8 nitrogen and oxygen atoms in total. The van der Waals surface area contributed by atoms with Crippen molar-refractivity contribution in [1.82, 2.24) is 5.32 Å². The fourth-order valence-electron chi connectivity index (χ4n) is 3.82. The van der Waals surface area contributed by atoms with Gasteiger partial charge < -0.3 is 19.5 Å². The molecule has 1 saturated carbocycles.